The molecule has 8 heteroatoms. The van der Waals surface area contributed by atoms with Crippen LogP contribution in [0.15, 0.2) is 30.3 Å². The summed E-state index contributed by atoms with van der Waals surface area (Å²) in [5, 5.41) is 13.4. The van der Waals surface area contributed by atoms with Gasteiger partial charge in [0.1, 0.15) is 11.4 Å². The number of alkyl halides is 3. The van der Waals surface area contributed by atoms with Crippen molar-refractivity contribution in [3.63, 3.8) is 0 Å². The number of nitrogens with one attached hydrogen (secondary N) is 1. The highest BCUT2D eigenvalue weighted by Gasteiger charge is 2.33. The molecule has 2 aromatic heterocycles. The van der Waals surface area contributed by atoms with E-state index >= 15 is 0 Å². The summed E-state index contributed by atoms with van der Waals surface area (Å²) in [7, 11) is 1.46. The number of fused-ring (bicyclic) bond motifs is 1. The lowest BCUT2D eigenvalue weighted by molar-refractivity contribution is -0.136. The quantitative estimate of drug-likeness (QED) is 0.763. The normalized spacial score (nSPS) is 12.0. The molecule has 0 amide bonds. The van der Waals surface area contributed by atoms with Crippen molar-refractivity contribution >= 4 is 16.9 Å². The van der Waals surface area contributed by atoms with Crippen LogP contribution in [0.1, 0.15) is 16.1 Å². The van der Waals surface area contributed by atoms with Gasteiger partial charge in [0.2, 0.25) is 0 Å². The van der Waals surface area contributed by atoms with Crippen molar-refractivity contribution in [3.8, 4) is 11.4 Å². The fraction of sp³-hybridized carbons (Fsp3) is 0.143. The molecule has 0 aliphatic heterocycles. The molecule has 1 aromatic carbocycles. The Kier molecular flexibility index (Phi) is 2.98. The molecule has 5 nitrogen and oxygen atoms in total. The summed E-state index contributed by atoms with van der Waals surface area (Å²) in [4.78, 5) is 13.7. The second-order valence-electron chi connectivity index (χ2n) is 4.79. The fourth-order valence-electron chi connectivity index (χ4n) is 2.33. The fourth-order valence-corrected chi connectivity index (χ4v) is 2.33. The predicted molar refractivity (Wildman–Crippen MR) is 72.5 cm³/mol. The summed E-state index contributed by atoms with van der Waals surface area (Å²) in [5.74, 6) is -1.16. The first kappa shape index (κ1) is 14.2. The number of aromatic amines is 1. The van der Waals surface area contributed by atoms with Gasteiger partial charge in [-0.2, -0.15) is 18.3 Å². The molecule has 0 saturated heterocycles. The SMILES string of the molecule is Cn1nc(-c2cc3cccc(C(F)(F)F)c3[nH]2)cc1C(=O)O. The summed E-state index contributed by atoms with van der Waals surface area (Å²) < 4.78 is 40.1. The minimum Gasteiger partial charge on any atom is -0.477 e. The van der Waals surface area contributed by atoms with Gasteiger partial charge in [-0.3, -0.25) is 4.68 Å². The smallest absolute Gasteiger partial charge is 0.418 e. The molecule has 2 N–H and O–H groups in total. The highest BCUT2D eigenvalue weighted by molar-refractivity contribution is 5.90. The van der Waals surface area contributed by atoms with Gasteiger partial charge in [0, 0.05) is 18.5 Å². The molecule has 0 fully saturated rings. The van der Waals surface area contributed by atoms with E-state index in [4.69, 9.17) is 5.11 Å². The predicted octanol–water partition coefficient (Wildman–Crippen LogP) is 3.29. The van der Waals surface area contributed by atoms with E-state index in [0.29, 0.717) is 11.1 Å². The Bertz CT molecular complexity index is 877. The molecule has 114 valence electrons. The number of carboxylic acids is 1. The maximum atomic E-state index is 13.0. The number of H-pyrrole nitrogens is 1. The van der Waals surface area contributed by atoms with E-state index in [9.17, 15) is 18.0 Å². The topological polar surface area (TPSA) is 70.9 Å². The number of aryl methyl sites for hydroxylation is 1. The summed E-state index contributed by atoms with van der Waals surface area (Å²) in [6.45, 7) is 0. The molecule has 0 spiro atoms. The lowest BCUT2D eigenvalue weighted by Crippen LogP contribution is -2.05. The van der Waals surface area contributed by atoms with E-state index in [1.54, 1.807) is 6.07 Å². The number of rotatable bonds is 2. The van der Waals surface area contributed by atoms with Gasteiger partial charge in [-0.15, -0.1) is 0 Å². The van der Waals surface area contributed by atoms with Crippen molar-refractivity contribution in [1.29, 1.82) is 0 Å². The number of halogens is 3. The van der Waals surface area contributed by atoms with E-state index in [1.165, 1.54) is 25.2 Å². The van der Waals surface area contributed by atoms with Gasteiger partial charge in [-0.25, -0.2) is 4.79 Å². The van der Waals surface area contributed by atoms with Gasteiger partial charge in [-0.05, 0) is 12.1 Å². The second-order valence-corrected chi connectivity index (χ2v) is 4.79. The van der Waals surface area contributed by atoms with Crippen LogP contribution in [0.25, 0.3) is 22.3 Å². The molecular weight excluding hydrogens is 299 g/mol. The van der Waals surface area contributed by atoms with Crippen molar-refractivity contribution in [3.05, 3.63) is 41.6 Å². The van der Waals surface area contributed by atoms with Crippen molar-refractivity contribution in [2.75, 3.05) is 0 Å². The van der Waals surface area contributed by atoms with Crippen LogP contribution in [0, 0.1) is 0 Å². The summed E-state index contributed by atoms with van der Waals surface area (Å²) >= 11 is 0. The summed E-state index contributed by atoms with van der Waals surface area (Å²) in [6.07, 6.45) is -4.47. The molecule has 2 heterocycles. The Morgan fingerprint density at radius 3 is 2.64 bits per heavy atom. The number of para-hydroxylation sites is 1. The molecule has 0 unspecified atom stereocenters. The molecule has 0 bridgehead atoms. The molecule has 0 aliphatic carbocycles. The highest BCUT2D eigenvalue weighted by Crippen LogP contribution is 2.35. The third kappa shape index (κ3) is 2.22. The van der Waals surface area contributed by atoms with Crippen LogP contribution in [0.2, 0.25) is 0 Å². The number of nitrogens with zero attached hydrogens (tertiary/aromatic N) is 2. The van der Waals surface area contributed by atoms with Gasteiger partial charge in [-0.1, -0.05) is 12.1 Å². The largest absolute Gasteiger partial charge is 0.477 e. The van der Waals surface area contributed by atoms with Crippen molar-refractivity contribution in [1.82, 2.24) is 14.8 Å². The number of hydrogen-bond donors (Lipinski definition) is 2. The maximum absolute atomic E-state index is 13.0. The van der Waals surface area contributed by atoms with Gasteiger partial charge in [0.05, 0.1) is 16.8 Å². The summed E-state index contributed by atoms with van der Waals surface area (Å²) in [5.41, 5.74) is -0.276. The average Bonchev–Trinajstić information content (AvgIpc) is 2.99. The zero-order valence-corrected chi connectivity index (χ0v) is 11.3. The Morgan fingerprint density at radius 1 is 1.32 bits per heavy atom. The standard InChI is InChI=1S/C14H10F3N3O2/c1-20-11(13(21)22)6-10(19-20)9-5-7-3-2-4-8(12(7)18-9)14(15,16)17/h2-6,18H,1H3,(H,21,22). The molecule has 3 rings (SSSR count). The average molecular weight is 309 g/mol. The third-order valence-corrected chi connectivity index (χ3v) is 3.34. The number of carboxylic acid groups (broad SMARTS) is 1. The van der Waals surface area contributed by atoms with Gasteiger partial charge in [0.15, 0.2) is 0 Å². The zero-order chi connectivity index (χ0) is 16.1. The van der Waals surface area contributed by atoms with Crippen LogP contribution < -0.4 is 0 Å². The molecule has 3 aromatic rings. The Balaban J connectivity index is 2.17. The minimum atomic E-state index is -4.47. The number of aromatic nitrogens is 3. The lowest BCUT2D eigenvalue weighted by atomic mass is 10.1. The Morgan fingerprint density at radius 2 is 2.05 bits per heavy atom. The van der Waals surface area contributed by atoms with Crippen LogP contribution in [-0.4, -0.2) is 25.8 Å². The van der Waals surface area contributed by atoms with Crippen molar-refractivity contribution in [2.45, 2.75) is 6.18 Å². The molecular formula is C14H10F3N3O2. The number of aromatic carboxylic acids is 1. The Hall–Kier alpha value is -2.77. The lowest BCUT2D eigenvalue weighted by Gasteiger charge is -2.07. The molecule has 0 aliphatic rings. The van der Waals surface area contributed by atoms with Crippen LogP contribution in [0.3, 0.4) is 0 Å². The zero-order valence-electron chi connectivity index (χ0n) is 11.3. The first-order valence-electron chi connectivity index (χ1n) is 6.24. The van der Waals surface area contributed by atoms with E-state index in [1.807, 2.05) is 0 Å². The monoisotopic (exact) mass is 309 g/mol. The van der Waals surface area contributed by atoms with Crippen LogP contribution in [0.5, 0.6) is 0 Å². The first-order valence-corrected chi connectivity index (χ1v) is 6.24. The number of hydrogen-bond acceptors (Lipinski definition) is 2. The van der Waals surface area contributed by atoms with E-state index in [0.717, 1.165) is 10.7 Å². The molecule has 22 heavy (non-hydrogen) atoms. The van der Waals surface area contributed by atoms with Crippen molar-refractivity contribution in [2.24, 2.45) is 7.05 Å². The Labute approximate surface area is 122 Å². The molecule has 0 saturated carbocycles. The van der Waals surface area contributed by atoms with E-state index in [2.05, 4.69) is 10.1 Å². The molecule has 0 radical (unpaired) electrons. The van der Waals surface area contributed by atoms with Crippen LogP contribution in [0.4, 0.5) is 13.2 Å². The van der Waals surface area contributed by atoms with Gasteiger partial charge < -0.3 is 10.1 Å². The third-order valence-electron chi connectivity index (χ3n) is 3.34. The van der Waals surface area contributed by atoms with Gasteiger partial charge in [0.25, 0.3) is 0 Å². The highest BCUT2D eigenvalue weighted by atomic mass is 19.4. The van der Waals surface area contributed by atoms with Gasteiger partial charge >= 0.3 is 12.1 Å². The van der Waals surface area contributed by atoms with Crippen molar-refractivity contribution < 1.29 is 23.1 Å². The summed E-state index contributed by atoms with van der Waals surface area (Å²) in [6, 6.07) is 6.68. The van der Waals surface area contributed by atoms with Crippen LogP contribution in [-0.2, 0) is 13.2 Å². The number of benzene rings is 1. The van der Waals surface area contributed by atoms with Crippen LogP contribution >= 0.6 is 0 Å². The second kappa shape index (κ2) is 4.62. The maximum Gasteiger partial charge on any atom is 0.418 e. The van der Waals surface area contributed by atoms with E-state index < -0.39 is 17.7 Å². The van der Waals surface area contributed by atoms with E-state index in [-0.39, 0.29) is 16.9 Å². The number of carbonyl (C=O) groups is 1. The minimum absolute atomic E-state index is 0.0486. The molecule has 0 atom stereocenters. The first-order chi connectivity index (χ1) is 10.3.